The van der Waals surface area contributed by atoms with Crippen LogP contribution in [0.2, 0.25) is 5.02 Å². The molecule has 0 fully saturated rings. The molecule has 12 heteroatoms. The number of fused-ring (bicyclic) bond motifs is 1. The third-order valence-corrected chi connectivity index (χ3v) is 6.65. The van der Waals surface area contributed by atoms with Gasteiger partial charge in [0.2, 0.25) is 5.95 Å². The number of alkyl halides is 4. The van der Waals surface area contributed by atoms with Crippen molar-refractivity contribution in [1.29, 1.82) is 0 Å². The highest BCUT2D eigenvalue weighted by Gasteiger charge is 2.45. The van der Waals surface area contributed by atoms with Gasteiger partial charge in [0.15, 0.2) is 0 Å². The fourth-order valence-electron chi connectivity index (χ4n) is 4.63. The fraction of sp³-hybridized carbons (Fsp3) is 0.172. The van der Waals surface area contributed by atoms with E-state index in [2.05, 4.69) is 25.0 Å². The number of ether oxygens (including phenoxy) is 1. The van der Waals surface area contributed by atoms with Crippen LogP contribution >= 0.6 is 11.6 Å². The molecule has 5 rings (SSSR count). The normalized spacial score (nSPS) is 13.4. The number of aromatic nitrogens is 3. The molecule has 0 saturated carbocycles. The largest absolute Gasteiger partial charge is 0.461 e. The molecule has 2 N–H and O–H groups in total. The standard InChI is InChI=1S/C29H21ClF6N4O/c1-16-9-20(31)13-23-25(16)39-27(38-23)40-28(14-17-5-3-2-4-6-17,24-8-7-19(30)15-37-24)18-10-21(32)12-22(11-18)41-29(35,36)26(33)34/h2-13,15,26H,14H2,1H3,(H2,38,39,40)/t28-/m1/s1. The first-order chi connectivity index (χ1) is 19.4. The van der Waals surface area contributed by atoms with E-state index in [-0.39, 0.29) is 28.6 Å². The number of halogens is 7. The molecule has 0 unspecified atom stereocenters. The molecule has 41 heavy (non-hydrogen) atoms. The molecule has 0 aliphatic heterocycles. The van der Waals surface area contributed by atoms with E-state index in [1.807, 2.05) is 0 Å². The minimum Gasteiger partial charge on any atom is -0.428 e. The SMILES string of the molecule is Cc1cc(F)cc2[nH]c(N[C@](Cc3ccccc3)(c3cc(F)cc(OC(F)(F)C(F)F)c3)c3ccc(Cl)cn3)nc12. The molecule has 0 spiro atoms. The predicted octanol–water partition coefficient (Wildman–Crippen LogP) is 8.03. The third-order valence-electron chi connectivity index (χ3n) is 6.42. The summed E-state index contributed by atoms with van der Waals surface area (Å²) in [5, 5.41) is 3.51. The lowest BCUT2D eigenvalue weighted by atomic mass is 9.80. The molecular formula is C29H21ClF6N4O. The van der Waals surface area contributed by atoms with Crippen LogP contribution in [0.15, 0.2) is 79.0 Å². The second-order valence-corrected chi connectivity index (χ2v) is 9.84. The molecule has 0 aliphatic rings. The lowest BCUT2D eigenvalue weighted by Crippen LogP contribution is -2.41. The molecule has 0 aliphatic carbocycles. The monoisotopic (exact) mass is 590 g/mol. The van der Waals surface area contributed by atoms with Crippen molar-refractivity contribution in [3.8, 4) is 5.75 Å². The first-order valence-corrected chi connectivity index (χ1v) is 12.6. The highest BCUT2D eigenvalue weighted by molar-refractivity contribution is 6.30. The average molecular weight is 591 g/mol. The summed E-state index contributed by atoms with van der Waals surface area (Å²) in [4.78, 5) is 12.0. The number of aryl methyl sites for hydroxylation is 1. The Bertz CT molecular complexity index is 1680. The van der Waals surface area contributed by atoms with Crippen molar-refractivity contribution in [1.82, 2.24) is 15.0 Å². The molecule has 3 aromatic carbocycles. The smallest absolute Gasteiger partial charge is 0.428 e. The Morgan fingerprint density at radius 2 is 1.71 bits per heavy atom. The number of nitrogens with zero attached hydrogens (tertiary/aromatic N) is 2. The van der Waals surface area contributed by atoms with Crippen LogP contribution < -0.4 is 10.1 Å². The van der Waals surface area contributed by atoms with E-state index in [4.69, 9.17) is 11.6 Å². The van der Waals surface area contributed by atoms with Gasteiger partial charge in [0.05, 0.1) is 21.7 Å². The Hall–Kier alpha value is -4.25. The molecule has 2 heterocycles. The fourth-order valence-corrected chi connectivity index (χ4v) is 4.74. The van der Waals surface area contributed by atoms with E-state index in [1.54, 1.807) is 43.3 Å². The van der Waals surface area contributed by atoms with Crippen molar-refractivity contribution in [2.24, 2.45) is 0 Å². The van der Waals surface area contributed by atoms with Gasteiger partial charge in [0.1, 0.15) is 22.9 Å². The number of hydrogen-bond donors (Lipinski definition) is 2. The Labute approximate surface area is 235 Å². The number of hydrogen-bond acceptors (Lipinski definition) is 4. The molecule has 212 valence electrons. The second kappa shape index (κ2) is 11.0. The lowest BCUT2D eigenvalue weighted by Gasteiger charge is -2.35. The first kappa shape index (κ1) is 28.3. The van der Waals surface area contributed by atoms with E-state index in [9.17, 15) is 22.0 Å². The van der Waals surface area contributed by atoms with Crippen molar-refractivity contribution in [3.63, 3.8) is 0 Å². The highest BCUT2D eigenvalue weighted by Crippen LogP contribution is 2.39. The van der Waals surface area contributed by atoms with Crippen LogP contribution in [0.1, 0.15) is 22.4 Å². The van der Waals surface area contributed by atoms with Crippen molar-refractivity contribution in [3.05, 3.63) is 118 Å². The number of H-pyrrole nitrogens is 1. The molecule has 5 nitrogen and oxygen atoms in total. The van der Waals surface area contributed by atoms with E-state index < -0.39 is 35.5 Å². The summed E-state index contributed by atoms with van der Waals surface area (Å²) in [6.07, 6.45) is -7.64. The number of anilines is 1. The topological polar surface area (TPSA) is 62.8 Å². The van der Waals surface area contributed by atoms with Gasteiger partial charge in [0, 0.05) is 18.7 Å². The maximum absolute atomic E-state index is 15.0. The highest BCUT2D eigenvalue weighted by atomic mass is 35.5. The lowest BCUT2D eigenvalue weighted by molar-refractivity contribution is -0.253. The van der Waals surface area contributed by atoms with Crippen LogP contribution in [-0.4, -0.2) is 27.5 Å². The number of benzene rings is 3. The van der Waals surface area contributed by atoms with Crippen LogP contribution in [0.5, 0.6) is 5.75 Å². The summed E-state index contributed by atoms with van der Waals surface area (Å²) >= 11 is 6.10. The number of rotatable bonds is 9. The molecular weight excluding hydrogens is 570 g/mol. The van der Waals surface area contributed by atoms with Gasteiger partial charge in [-0.1, -0.05) is 41.9 Å². The predicted molar refractivity (Wildman–Crippen MR) is 143 cm³/mol. The Morgan fingerprint density at radius 3 is 2.39 bits per heavy atom. The minimum absolute atomic E-state index is 0.000370. The summed E-state index contributed by atoms with van der Waals surface area (Å²) < 4.78 is 87.0. The van der Waals surface area contributed by atoms with Crippen LogP contribution in [-0.2, 0) is 12.0 Å². The van der Waals surface area contributed by atoms with Gasteiger partial charge >= 0.3 is 12.5 Å². The van der Waals surface area contributed by atoms with Gasteiger partial charge in [0.25, 0.3) is 0 Å². The van der Waals surface area contributed by atoms with E-state index >= 15 is 4.39 Å². The Kier molecular flexibility index (Phi) is 7.56. The zero-order valence-electron chi connectivity index (χ0n) is 21.2. The van der Waals surface area contributed by atoms with Gasteiger partial charge in [-0.3, -0.25) is 4.98 Å². The quantitative estimate of drug-likeness (QED) is 0.171. The van der Waals surface area contributed by atoms with Crippen molar-refractivity contribution >= 4 is 28.6 Å². The zero-order chi connectivity index (χ0) is 29.4. The molecule has 1 atom stereocenters. The molecule has 0 saturated heterocycles. The van der Waals surface area contributed by atoms with Gasteiger partial charge in [-0.25, -0.2) is 13.8 Å². The summed E-state index contributed by atoms with van der Waals surface area (Å²) in [6, 6.07) is 17.2. The minimum atomic E-state index is -4.88. The molecule has 0 amide bonds. The van der Waals surface area contributed by atoms with Crippen LogP contribution in [0.3, 0.4) is 0 Å². The number of aromatic amines is 1. The second-order valence-electron chi connectivity index (χ2n) is 9.40. The number of pyridine rings is 1. The average Bonchev–Trinajstić information content (AvgIpc) is 3.31. The van der Waals surface area contributed by atoms with Gasteiger partial charge < -0.3 is 15.0 Å². The maximum Gasteiger partial charge on any atom is 0.461 e. The summed E-state index contributed by atoms with van der Waals surface area (Å²) in [5.41, 5.74) is 0.754. The maximum atomic E-state index is 15.0. The molecule has 5 aromatic rings. The van der Waals surface area contributed by atoms with Gasteiger partial charge in [-0.15, -0.1) is 0 Å². The van der Waals surface area contributed by atoms with Crippen molar-refractivity contribution < 1.29 is 31.1 Å². The summed E-state index contributed by atoms with van der Waals surface area (Å²) in [5.74, 6) is -2.24. The molecule has 0 bridgehead atoms. The van der Waals surface area contributed by atoms with E-state index in [1.165, 1.54) is 24.4 Å². The van der Waals surface area contributed by atoms with Crippen LogP contribution in [0, 0.1) is 18.6 Å². The Balaban J connectivity index is 1.75. The van der Waals surface area contributed by atoms with Crippen LogP contribution in [0.25, 0.3) is 11.0 Å². The van der Waals surface area contributed by atoms with Gasteiger partial charge in [-0.2, -0.15) is 17.6 Å². The first-order valence-electron chi connectivity index (χ1n) is 12.2. The molecule has 0 radical (unpaired) electrons. The summed E-state index contributed by atoms with van der Waals surface area (Å²) in [6.45, 7) is 1.67. The third kappa shape index (κ3) is 5.95. The van der Waals surface area contributed by atoms with Crippen molar-refractivity contribution in [2.45, 2.75) is 31.4 Å². The van der Waals surface area contributed by atoms with E-state index in [0.717, 1.165) is 12.1 Å². The van der Waals surface area contributed by atoms with E-state index in [0.29, 0.717) is 28.2 Å². The Morgan fingerprint density at radius 1 is 0.976 bits per heavy atom. The number of nitrogens with one attached hydrogen (secondary N) is 2. The van der Waals surface area contributed by atoms with Crippen molar-refractivity contribution in [2.75, 3.05) is 5.32 Å². The van der Waals surface area contributed by atoms with Gasteiger partial charge in [-0.05, 0) is 60.0 Å². The van der Waals surface area contributed by atoms with Crippen LogP contribution in [0.4, 0.5) is 32.3 Å². The summed E-state index contributed by atoms with van der Waals surface area (Å²) in [7, 11) is 0. The number of imidazole rings is 1. The molecule has 2 aromatic heterocycles. The zero-order valence-corrected chi connectivity index (χ0v) is 22.0.